The first-order chi connectivity index (χ1) is 4.87. The third-order valence-corrected chi connectivity index (χ3v) is 1.05. The zero-order valence-electron chi connectivity index (χ0n) is 5.83. The van der Waals surface area contributed by atoms with Gasteiger partial charge in [0.25, 0.3) is 0 Å². The van der Waals surface area contributed by atoms with E-state index in [2.05, 4.69) is 6.58 Å². The van der Waals surface area contributed by atoms with Crippen LogP contribution in [0, 0.1) is 5.41 Å². The zero-order valence-corrected chi connectivity index (χ0v) is 5.83. The molecular formula is C6H9F3N2. The predicted octanol–water partition coefficient (Wildman–Crippen LogP) is 1.47. The van der Waals surface area contributed by atoms with Gasteiger partial charge in [0.2, 0.25) is 0 Å². The van der Waals surface area contributed by atoms with Crippen molar-refractivity contribution in [3.63, 3.8) is 0 Å². The van der Waals surface area contributed by atoms with Crippen LogP contribution in [0.25, 0.3) is 0 Å². The van der Waals surface area contributed by atoms with Crippen LogP contribution in [0.4, 0.5) is 13.2 Å². The first kappa shape index (κ1) is 10.2. The molecule has 0 unspecified atom stereocenters. The minimum Gasteiger partial charge on any atom is -0.326 e. The summed E-state index contributed by atoms with van der Waals surface area (Å²) in [4.78, 5) is 0. The van der Waals surface area contributed by atoms with E-state index in [1.165, 1.54) is 0 Å². The van der Waals surface area contributed by atoms with Crippen LogP contribution in [-0.4, -0.2) is 18.4 Å². The molecule has 0 saturated heterocycles. The molecule has 0 spiro atoms. The Kier molecular flexibility index (Phi) is 3.25. The van der Waals surface area contributed by atoms with Gasteiger partial charge in [0, 0.05) is 12.3 Å². The summed E-state index contributed by atoms with van der Waals surface area (Å²) < 4.78 is 34.7. The number of halogens is 3. The fourth-order valence-corrected chi connectivity index (χ4v) is 0.449. The topological polar surface area (TPSA) is 49.9 Å². The Bertz CT molecular complexity index is 171. The van der Waals surface area contributed by atoms with Gasteiger partial charge in [-0.3, -0.25) is 0 Å². The van der Waals surface area contributed by atoms with E-state index in [-0.39, 0.29) is 12.1 Å². The van der Waals surface area contributed by atoms with Gasteiger partial charge in [0.15, 0.2) is 0 Å². The Morgan fingerprint density at radius 1 is 1.45 bits per heavy atom. The molecule has 11 heavy (non-hydrogen) atoms. The first-order valence-electron chi connectivity index (χ1n) is 2.89. The fraction of sp³-hybridized carbons (Fsp3) is 0.500. The second-order valence-electron chi connectivity index (χ2n) is 2.08. The van der Waals surface area contributed by atoms with Gasteiger partial charge < -0.3 is 11.1 Å². The van der Waals surface area contributed by atoms with E-state index < -0.39 is 18.3 Å². The molecule has 0 aliphatic carbocycles. The van der Waals surface area contributed by atoms with Crippen LogP contribution >= 0.6 is 0 Å². The van der Waals surface area contributed by atoms with Crippen LogP contribution in [0.15, 0.2) is 12.2 Å². The summed E-state index contributed by atoms with van der Waals surface area (Å²) in [6.45, 7) is 3.11. The predicted molar refractivity (Wildman–Crippen MR) is 36.6 cm³/mol. The van der Waals surface area contributed by atoms with Crippen molar-refractivity contribution in [3.8, 4) is 0 Å². The molecule has 5 heteroatoms. The third kappa shape index (κ3) is 4.55. The maximum Gasteiger partial charge on any atom is 0.394 e. The number of alkyl halides is 3. The van der Waals surface area contributed by atoms with E-state index in [9.17, 15) is 13.2 Å². The lowest BCUT2D eigenvalue weighted by Gasteiger charge is -2.07. The molecule has 0 radical (unpaired) electrons. The quantitative estimate of drug-likeness (QED) is 0.613. The average Bonchev–Trinajstić information content (AvgIpc) is 1.82. The summed E-state index contributed by atoms with van der Waals surface area (Å²) in [6, 6.07) is 0. The van der Waals surface area contributed by atoms with Crippen molar-refractivity contribution < 1.29 is 13.2 Å². The maximum absolute atomic E-state index is 11.6. The Morgan fingerprint density at radius 3 is 2.18 bits per heavy atom. The number of nitrogens with one attached hydrogen (secondary N) is 1. The van der Waals surface area contributed by atoms with Crippen molar-refractivity contribution in [3.05, 3.63) is 12.2 Å². The van der Waals surface area contributed by atoms with Gasteiger partial charge >= 0.3 is 6.18 Å². The van der Waals surface area contributed by atoms with Crippen LogP contribution in [-0.2, 0) is 0 Å². The smallest absolute Gasteiger partial charge is 0.326 e. The van der Waals surface area contributed by atoms with Crippen molar-refractivity contribution in [2.45, 2.75) is 12.6 Å². The summed E-state index contributed by atoms with van der Waals surface area (Å²) in [5, 5.41) is 6.85. The monoisotopic (exact) mass is 166 g/mol. The third-order valence-electron chi connectivity index (χ3n) is 1.05. The molecule has 0 aromatic carbocycles. The number of rotatable bonds is 3. The van der Waals surface area contributed by atoms with Crippen molar-refractivity contribution in [1.29, 1.82) is 5.41 Å². The van der Waals surface area contributed by atoms with E-state index in [0.717, 1.165) is 0 Å². The molecule has 3 N–H and O–H groups in total. The molecule has 0 heterocycles. The minimum absolute atomic E-state index is 0.0299. The standard InChI is InChI=1S/C6H9F3N2/c1-4(3-10)5(11)2-6(7,8)9/h11H,1-3,10H2. The van der Waals surface area contributed by atoms with Crippen LogP contribution in [0.1, 0.15) is 6.42 Å². The molecule has 0 aromatic rings. The molecule has 0 aliphatic heterocycles. The molecule has 2 nitrogen and oxygen atoms in total. The average molecular weight is 166 g/mol. The highest BCUT2D eigenvalue weighted by Crippen LogP contribution is 2.21. The molecule has 0 aliphatic rings. The van der Waals surface area contributed by atoms with Crippen LogP contribution in [0.2, 0.25) is 0 Å². The van der Waals surface area contributed by atoms with E-state index in [4.69, 9.17) is 11.1 Å². The molecule has 0 saturated carbocycles. The van der Waals surface area contributed by atoms with Crippen molar-refractivity contribution in [1.82, 2.24) is 0 Å². The zero-order chi connectivity index (χ0) is 9.07. The summed E-state index contributed by atoms with van der Waals surface area (Å²) >= 11 is 0. The summed E-state index contributed by atoms with van der Waals surface area (Å²) in [5.41, 5.74) is 4.47. The van der Waals surface area contributed by atoms with Crippen molar-refractivity contribution in [2.75, 3.05) is 6.54 Å². The van der Waals surface area contributed by atoms with Crippen LogP contribution < -0.4 is 5.73 Å². The van der Waals surface area contributed by atoms with Gasteiger partial charge in [-0.1, -0.05) is 6.58 Å². The maximum atomic E-state index is 11.6. The molecule has 0 aromatic heterocycles. The van der Waals surface area contributed by atoms with E-state index in [0.29, 0.717) is 0 Å². The second-order valence-corrected chi connectivity index (χ2v) is 2.08. The Hall–Kier alpha value is -0.840. The highest BCUT2D eigenvalue weighted by molar-refractivity contribution is 5.97. The summed E-state index contributed by atoms with van der Waals surface area (Å²) in [5.74, 6) is 0. The van der Waals surface area contributed by atoms with Gasteiger partial charge in [0.1, 0.15) is 0 Å². The highest BCUT2D eigenvalue weighted by Gasteiger charge is 2.29. The molecule has 0 bridgehead atoms. The van der Waals surface area contributed by atoms with Crippen LogP contribution in [0.3, 0.4) is 0 Å². The SMILES string of the molecule is C=C(CN)C(=N)CC(F)(F)F. The fourth-order valence-electron chi connectivity index (χ4n) is 0.449. The molecule has 0 amide bonds. The minimum atomic E-state index is -4.34. The highest BCUT2D eigenvalue weighted by atomic mass is 19.4. The van der Waals surface area contributed by atoms with E-state index in [1.807, 2.05) is 0 Å². The van der Waals surface area contributed by atoms with Gasteiger partial charge in [-0.05, 0) is 5.57 Å². The summed E-state index contributed by atoms with van der Waals surface area (Å²) in [7, 11) is 0. The van der Waals surface area contributed by atoms with Gasteiger partial charge in [-0.2, -0.15) is 13.2 Å². The normalized spacial score (nSPS) is 11.3. The largest absolute Gasteiger partial charge is 0.394 e. The van der Waals surface area contributed by atoms with E-state index in [1.54, 1.807) is 0 Å². The van der Waals surface area contributed by atoms with E-state index >= 15 is 0 Å². The van der Waals surface area contributed by atoms with Crippen molar-refractivity contribution in [2.24, 2.45) is 5.73 Å². The number of nitrogens with two attached hydrogens (primary N) is 1. The van der Waals surface area contributed by atoms with Crippen LogP contribution in [0.5, 0.6) is 0 Å². The van der Waals surface area contributed by atoms with Gasteiger partial charge in [0.05, 0.1) is 6.42 Å². The van der Waals surface area contributed by atoms with Gasteiger partial charge in [-0.25, -0.2) is 0 Å². The number of hydrogen-bond acceptors (Lipinski definition) is 2. The molecule has 0 fully saturated rings. The lowest BCUT2D eigenvalue weighted by molar-refractivity contribution is -0.121. The second kappa shape index (κ2) is 3.52. The van der Waals surface area contributed by atoms with Crippen molar-refractivity contribution >= 4 is 5.71 Å². The first-order valence-corrected chi connectivity index (χ1v) is 2.89. The Labute approximate surface area is 62.4 Å². The molecule has 64 valence electrons. The molecule has 0 rings (SSSR count). The Morgan fingerprint density at radius 2 is 1.91 bits per heavy atom. The lowest BCUT2D eigenvalue weighted by Crippen LogP contribution is -2.19. The Balaban J connectivity index is 3.99. The number of hydrogen-bond donors (Lipinski definition) is 2. The van der Waals surface area contributed by atoms with Gasteiger partial charge in [-0.15, -0.1) is 0 Å². The summed E-state index contributed by atoms with van der Waals surface area (Å²) in [6.07, 6.45) is -5.59. The molecule has 0 atom stereocenters. The molecular weight excluding hydrogens is 157 g/mol. The lowest BCUT2D eigenvalue weighted by atomic mass is 10.1.